The third-order valence-electron chi connectivity index (χ3n) is 3.22. The molecule has 0 radical (unpaired) electrons. The lowest BCUT2D eigenvalue weighted by atomic mass is 9.98. The van der Waals surface area contributed by atoms with E-state index in [2.05, 4.69) is 19.9 Å². The molecule has 2 aromatic heterocycles. The van der Waals surface area contributed by atoms with Crippen LogP contribution in [0.25, 0.3) is 10.8 Å². The van der Waals surface area contributed by atoms with Gasteiger partial charge in [0.2, 0.25) is 5.13 Å². The fourth-order valence-corrected chi connectivity index (χ4v) is 4.33. The topological polar surface area (TPSA) is 84.8 Å². The van der Waals surface area contributed by atoms with Gasteiger partial charge in [-0.15, -0.1) is 10.2 Å². The van der Waals surface area contributed by atoms with Gasteiger partial charge in [-0.3, -0.25) is 9.71 Å². The minimum absolute atomic E-state index is 0.174. The number of hydrogen-bond donors (Lipinski definition) is 1. The first-order chi connectivity index (χ1) is 10.8. The van der Waals surface area contributed by atoms with Crippen molar-refractivity contribution in [3.63, 3.8) is 0 Å². The summed E-state index contributed by atoms with van der Waals surface area (Å²) in [5.74, 6) is 0. The number of rotatable bonds is 3. The molecule has 1 N–H and O–H groups in total. The number of aromatic nitrogens is 3. The molecule has 0 spiro atoms. The summed E-state index contributed by atoms with van der Waals surface area (Å²) in [6, 6.07) is 6.77. The zero-order valence-electron chi connectivity index (χ0n) is 12.9. The van der Waals surface area contributed by atoms with Gasteiger partial charge in [-0.05, 0) is 12.1 Å². The van der Waals surface area contributed by atoms with Crippen LogP contribution in [0.1, 0.15) is 25.8 Å². The third-order valence-corrected chi connectivity index (χ3v) is 6.01. The molecule has 3 aromatic rings. The van der Waals surface area contributed by atoms with Crippen LogP contribution in [-0.2, 0) is 15.4 Å². The second-order valence-electron chi connectivity index (χ2n) is 6.12. The molecule has 0 aliphatic heterocycles. The van der Waals surface area contributed by atoms with Crippen molar-refractivity contribution in [2.24, 2.45) is 0 Å². The summed E-state index contributed by atoms with van der Waals surface area (Å²) in [4.78, 5) is 4.21. The summed E-state index contributed by atoms with van der Waals surface area (Å²) in [7, 11) is -3.74. The van der Waals surface area contributed by atoms with Gasteiger partial charge in [0.25, 0.3) is 10.0 Å². The Kier molecular flexibility index (Phi) is 3.81. The van der Waals surface area contributed by atoms with Gasteiger partial charge >= 0.3 is 0 Å². The van der Waals surface area contributed by atoms with Crippen molar-refractivity contribution in [1.82, 2.24) is 15.2 Å². The van der Waals surface area contributed by atoms with E-state index in [1.54, 1.807) is 30.6 Å². The van der Waals surface area contributed by atoms with Gasteiger partial charge in [-0.1, -0.05) is 44.2 Å². The lowest BCUT2D eigenvalue weighted by Crippen LogP contribution is -2.13. The molecule has 0 aliphatic carbocycles. The summed E-state index contributed by atoms with van der Waals surface area (Å²) >= 11 is 1.24. The quantitative estimate of drug-likeness (QED) is 0.786. The molecule has 0 unspecified atom stereocenters. The number of pyridine rings is 1. The highest BCUT2D eigenvalue weighted by atomic mass is 32.2. The van der Waals surface area contributed by atoms with Crippen molar-refractivity contribution in [2.45, 2.75) is 31.1 Å². The number of nitrogens with one attached hydrogen (secondary N) is 1. The summed E-state index contributed by atoms with van der Waals surface area (Å²) < 4.78 is 27.9. The fourth-order valence-electron chi connectivity index (χ4n) is 2.06. The summed E-state index contributed by atoms with van der Waals surface area (Å²) in [5.41, 5.74) is -0.174. The zero-order valence-corrected chi connectivity index (χ0v) is 14.6. The van der Waals surface area contributed by atoms with Crippen LogP contribution in [-0.4, -0.2) is 23.6 Å². The molecular weight excluding hydrogens is 332 g/mol. The number of benzene rings is 1. The maximum Gasteiger partial charge on any atom is 0.264 e. The molecule has 0 saturated heterocycles. The van der Waals surface area contributed by atoms with E-state index >= 15 is 0 Å². The number of hydrogen-bond acceptors (Lipinski definition) is 6. The predicted octanol–water partition coefficient (Wildman–Crippen LogP) is 3.18. The Bertz CT molecular complexity index is 954. The van der Waals surface area contributed by atoms with Gasteiger partial charge in [0, 0.05) is 28.6 Å². The molecule has 8 heteroatoms. The van der Waals surface area contributed by atoms with Gasteiger partial charge in [0.15, 0.2) is 0 Å². The van der Waals surface area contributed by atoms with Crippen molar-refractivity contribution >= 4 is 37.3 Å². The number of fused-ring (bicyclic) bond motifs is 1. The van der Waals surface area contributed by atoms with Gasteiger partial charge in [0.1, 0.15) is 5.01 Å². The highest BCUT2D eigenvalue weighted by Gasteiger charge is 2.23. The van der Waals surface area contributed by atoms with Crippen molar-refractivity contribution in [3.05, 3.63) is 41.7 Å². The number of sulfonamides is 1. The SMILES string of the molecule is CC(C)(C)c1nnc(NS(=O)(=O)c2cccc3cnccc23)s1. The van der Waals surface area contributed by atoms with Gasteiger partial charge in [0.05, 0.1) is 4.90 Å². The smallest absolute Gasteiger partial charge is 0.264 e. The van der Waals surface area contributed by atoms with Crippen LogP contribution in [0.3, 0.4) is 0 Å². The maximum atomic E-state index is 12.7. The van der Waals surface area contributed by atoms with Gasteiger partial charge < -0.3 is 0 Å². The second-order valence-corrected chi connectivity index (χ2v) is 8.75. The molecule has 6 nitrogen and oxygen atoms in total. The fraction of sp³-hybridized carbons (Fsp3) is 0.267. The molecule has 0 saturated carbocycles. The number of anilines is 1. The van der Waals surface area contributed by atoms with E-state index in [0.29, 0.717) is 5.39 Å². The van der Waals surface area contributed by atoms with Crippen LogP contribution in [0.5, 0.6) is 0 Å². The molecule has 0 atom stereocenters. The molecule has 0 bridgehead atoms. The van der Waals surface area contributed by atoms with Gasteiger partial charge in [-0.25, -0.2) is 8.42 Å². The largest absolute Gasteiger partial charge is 0.264 e. The molecular formula is C15H16N4O2S2. The Labute approximate surface area is 138 Å². The van der Waals surface area contributed by atoms with Crippen LogP contribution in [0.4, 0.5) is 5.13 Å². The van der Waals surface area contributed by atoms with Crippen LogP contribution >= 0.6 is 11.3 Å². The Morgan fingerprint density at radius 2 is 1.91 bits per heavy atom. The Hall–Kier alpha value is -2.06. The third kappa shape index (κ3) is 3.18. The average molecular weight is 348 g/mol. The lowest BCUT2D eigenvalue weighted by molar-refractivity contribution is 0.578. The molecule has 0 amide bonds. The van der Waals surface area contributed by atoms with Crippen molar-refractivity contribution in [2.75, 3.05) is 4.72 Å². The molecule has 3 rings (SSSR count). The van der Waals surface area contributed by atoms with E-state index in [0.717, 1.165) is 10.4 Å². The van der Waals surface area contributed by atoms with Crippen LogP contribution in [0.2, 0.25) is 0 Å². The van der Waals surface area contributed by atoms with Crippen LogP contribution in [0.15, 0.2) is 41.6 Å². The summed E-state index contributed by atoms with van der Waals surface area (Å²) in [6.45, 7) is 6.01. The summed E-state index contributed by atoms with van der Waals surface area (Å²) in [6.07, 6.45) is 3.21. The Morgan fingerprint density at radius 1 is 1.13 bits per heavy atom. The first-order valence-electron chi connectivity index (χ1n) is 6.97. The molecule has 1 aromatic carbocycles. The van der Waals surface area contributed by atoms with E-state index < -0.39 is 10.0 Å². The minimum atomic E-state index is -3.74. The minimum Gasteiger partial charge on any atom is -0.264 e. The van der Waals surface area contributed by atoms with Gasteiger partial charge in [-0.2, -0.15) is 0 Å². The van der Waals surface area contributed by atoms with Crippen molar-refractivity contribution in [1.29, 1.82) is 0 Å². The van der Waals surface area contributed by atoms with Crippen molar-refractivity contribution < 1.29 is 8.42 Å². The van der Waals surface area contributed by atoms with E-state index in [4.69, 9.17) is 0 Å². The maximum absolute atomic E-state index is 12.7. The summed E-state index contributed by atoms with van der Waals surface area (Å²) in [5, 5.41) is 10.4. The van der Waals surface area contributed by atoms with E-state index in [9.17, 15) is 8.42 Å². The molecule has 0 fully saturated rings. The van der Waals surface area contributed by atoms with E-state index in [1.807, 2.05) is 26.8 Å². The Balaban J connectivity index is 2.00. The first-order valence-corrected chi connectivity index (χ1v) is 9.27. The monoisotopic (exact) mass is 348 g/mol. The molecule has 2 heterocycles. The van der Waals surface area contributed by atoms with E-state index in [-0.39, 0.29) is 15.4 Å². The Morgan fingerprint density at radius 3 is 2.61 bits per heavy atom. The zero-order chi connectivity index (χ0) is 16.7. The molecule has 0 aliphatic rings. The second kappa shape index (κ2) is 5.54. The van der Waals surface area contributed by atoms with Crippen LogP contribution < -0.4 is 4.72 Å². The lowest BCUT2D eigenvalue weighted by Gasteiger charge is -2.12. The van der Waals surface area contributed by atoms with E-state index in [1.165, 1.54) is 11.3 Å². The highest BCUT2D eigenvalue weighted by molar-refractivity contribution is 7.93. The predicted molar refractivity (Wildman–Crippen MR) is 91.2 cm³/mol. The standard InChI is InChI=1S/C15H16N4O2S2/c1-15(2,3)13-17-18-14(22-13)19-23(20,21)12-6-4-5-10-9-16-8-7-11(10)12/h4-9H,1-3H3,(H,18,19). The van der Waals surface area contributed by atoms with Crippen molar-refractivity contribution in [3.8, 4) is 0 Å². The molecule has 120 valence electrons. The average Bonchev–Trinajstić information content (AvgIpc) is 2.94. The first kappa shape index (κ1) is 15.8. The van der Waals surface area contributed by atoms with Crippen LogP contribution in [0, 0.1) is 0 Å². The normalized spacial score (nSPS) is 12.5. The number of nitrogens with zero attached hydrogens (tertiary/aromatic N) is 3. The molecule has 23 heavy (non-hydrogen) atoms. The highest BCUT2D eigenvalue weighted by Crippen LogP contribution is 2.30.